The smallest absolute Gasteiger partial charge is 0.331 e. The van der Waals surface area contributed by atoms with E-state index in [0.717, 1.165) is 62.2 Å². The molecule has 0 aromatic carbocycles. The molecule has 0 unspecified atom stereocenters. The number of ether oxygens (including phenoxy) is 2. The van der Waals surface area contributed by atoms with Crippen LogP contribution in [0.2, 0.25) is 0 Å². The summed E-state index contributed by atoms with van der Waals surface area (Å²) < 4.78 is 11.3. The van der Waals surface area contributed by atoms with Gasteiger partial charge in [-0.2, -0.15) is 0 Å². The Hall–Kier alpha value is -1.32. The highest BCUT2D eigenvalue weighted by molar-refractivity contribution is 5.91. The van der Waals surface area contributed by atoms with E-state index in [0.29, 0.717) is 0 Å². The van der Waals surface area contributed by atoms with Gasteiger partial charge in [0, 0.05) is 12.2 Å². The van der Waals surface area contributed by atoms with Crippen molar-refractivity contribution in [2.24, 2.45) is 23.7 Å². The maximum Gasteiger partial charge on any atom is 0.331 e. The topological polar surface area (TPSA) is 52.6 Å². The number of carbonyl (C=O) groups is 2. The number of esters is 2. The van der Waals surface area contributed by atoms with Gasteiger partial charge in [-0.15, -0.1) is 0 Å². The van der Waals surface area contributed by atoms with Crippen LogP contribution < -0.4 is 0 Å². The van der Waals surface area contributed by atoms with Crippen LogP contribution in [0.5, 0.6) is 0 Å². The summed E-state index contributed by atoms with van der Waals surface area (Å²) in [6.45, 7) is 4.53. The standard InChI is InChI=1S/C32H54O4/c1-3-5-7-9-25-11-15-27(16-12-25)28-17-21-30(22-18-28)36-32(34)24-23-31(33)35-29-19-13-26(14-20-29)10-8-6-4-2/h23-30H,3-22H2,1-2H3. The van der Waals surface area contributed by atoms with Crippen LogP contribution in [0, 0.1) is 23.7 Å². The minimum absolute atomic E-state index is 0.00211. The lowest BCUT2D eigenvalue weighted by atomic mass is 9.70. The summed E-state index contributed by atoms with van der Waals surface area (Å²) in [6, 6.07) is 0. The average molecular weight is 503 g/mol. The summed E-state index contributed by atoms with van der Waals surface area (Å²) in [5.41, 5.74) is 0. The molecule has 0 amide bonds. The third-order valence-corrected chi connectivity index (χ3v) is 9.42. The van der Waals surface area contributed by atoms with E-state index in [9.17, 15) is 9.59 Å². The van der Waals surface area contributed by atoms with Gasteiger partial charge in [-0.1, -0.05) is 78.1 Å². The number of unbranched alkanes of at least 4 members (excludes halogenated alkanes) is 4. The fourth-order valence-electron chi connectivity index (χ4n) is 7.07. The van der Waals surface area contributed by atoms with Gasteiger partial charge in [0.15, 0.2) is 0 Å². The van der Waals surface area contributed by atoms with E-state index in [4.69, 9.17) is 9.47 Å². The van der Waals surface area contributed by atoms with Crippen molar-refractivity contribution in [3.8, 4) is 0 Å². The molecule has 0 N–H and O–H groups in total. The molecule has 3 aliphatic carbocycles. The third-order valence-electron chi connectivity index (χ3n) is 9.42. The van der Waals surface area contributed by atoms with Crippen molar-refractivity contribution in [1.29, 1.82) is 0 Å². The lowest BCUT2D eigenvalue weighted by molar-refractivity contribution is -0.147. The SMILES string of the molecule is CCCCCC1CCC(OC(=O)C=CC(=O)OC2CCC(C3CCC(CCCCC)CC3)CC2)CC1. The highest BCUT2D eigenvalue weighted by Gasteiger charge is 2.31. The first-order valence-electron chi connectivity index (χ1n) is 15.7. The van der Waals surface area contributed by atoms with E-state index in [1.807, 2.05) is 0 Å². The Bertz CT molecular complexity index is 647. The molecule has 3 aliphatic rings. The van der Waals surface area contributed by atoms with Crippen molar-refractivity contribution >= 4 is 11.9 Å². The van der Waals surface area contributed by atoms with Crippen molar-refractivity contribution in [1.82, 2.24) is 0 Å². The van der Waals surface area contributed by atoms with Gasteiger partial charge in [-0.05, 0) is 87.9 Å². The molecule has 3 saturated carbocycles. The molecule has 3 fully saturated rings. The molecule has 0 aromatic rings. The van der Waals surface area contributed by atoms with Gasteiger partial charge in [0.1, 0.15) is 12.2 Å². The fourth-order valence-corrected chi connectivity index (χ4v) is 7.07. The maximum atomic E-state index is 12.3. The quantitative estimate of drug-likeness (QED) is 0.143. The van der Waals surface area contributed by atoms with E-state index in [1.54, 1.807) is 0 Å². The zero-order chi connectivity index (χ0) is 25.6. The van der Waals surface area contributed by atoms with Gasteiger partial charge < -0.3 is 9.47 Å². The lowest BCUT2D eigenvalue weighted by Gasteiger charge is -2.37. The molecular weight excluding hydrogens is 448 g/mol. The van der Waals surface area contributed by atoms with Crippen molar-refractivity contribution in [3.05, 3.63) is 12.2 Å². The molecule has 0 saturated heterocycles. The molecule has 3 rings (SSSR count). The molecular formula is C32H54O4. The summed E-state index contributed by atoms with van der Waals surface area (Å²) >= 11 is 0. The largest absolute Gasteiger partial charge is 0.459 e. The Labute approximate surface area is 221 Å². The Morgan fingerprint density at radius 3 is 1.33 bits per heavy atom. The van der Waals surface area contributed by atoms with E-state index in [2.05, 4.69) is 13.8 Å². The average Bonchev–Trinajstić information content (AvgIpc) is 2.90. The molecule has 0 radical (unpaired) electrons. The summed E-state index contributed by atoms with van der Waals surface area (Å²) in [5, 5.41) is 0. The van der Waals surface area contributed by atoms with Crippen molar-refractivity contribution in [3.63, 3.8) is 0 Å². The normalized spacial score (nSPS) is 31.3. The second kappa shape index (κ2) is 16.5. The van der Waals surface area contributed by atoms with Crippen LogP contribution in [0.15, 0.2) is 12.2 Å². The van der Waals surface area contributed by atoms with Crippen LogP contribution >= 0.6 is 0 Å². The molecule has 4 heteroatoms. The molecule has 36 heavy (non-hydrogen) atoms. The highest BCUT2D eigenvalue weighted by atomic mass is 16.5. The summed E-state index contributed by atoms with van der Waals surface area (Å²) in [6.07, 6.45) is 27.4. The molecule has 0 spiro atoms. The van der Waals surface area contributed by atoms with E-state index >= 15 is 0 Å². The molecule has 0 aromatic heterocycles. The third kappa shape index (κ3) is 10.6. The number of rotatable bonds is 13. The minimum atomic E-state index is -0.407. The lowest BCUT2D eigenvalue weighted by Crippen LogP contribution is -2.29. The van der Waals surface area contributed by atoms with Crippen LogP contribution in [-0.4, -0.2) is 24.1 Å². The molecule has 0 aliphatic heterocycles. The van der Waals surface area contributed by atoms with E-state index in [-0.39, 0.29) is 12.2 Å². The van der Waals surface area contributed by atoms with E-state index in [1.165, 1.54) is 102 Å². The monoisotopic (exact) mass is 502 g/mol. The van der Waals surface area contributed by atoms with Gasteiger partial charge in [-0.3, -0.25) is 0 Å². The Morgan fingerprint density at radius 2 is 0.917 bits per heavy atom. The Kier molecular flexibility index (Phi) is 13.4. The summed E-state index contributed by atoms with van der Waals surface area (Å²) in [5.74, 6) is 2.64. The molecule has 206 valence electrons. The molecule has 4 nitrogen and oxygen atoms in total. The number of hydrogen-bond acceptors (Lipinski definition) is 4. The first kappa shape index (κ1) is 29.2. The first-order chi connectivity index (χ1) is 17.6. The minimum Gasteiger partial charge on any atom is -0.459 e. The fraction of sp³-hybridized carbons (Fsp3) is 0.875. The predicted octanol–water partition coefficient (Wildman–Crippen LogP) is 8.71. The summed E-state index contributed by atoms with van der Waals surface area (Å²) in [4.78, 5) is 24.5. The van der Waals surface area contributed by atoms with Crippen LogP contribution in [0.4, 0.5) is 0 Å². The second-order valence-electron chi connectivity index (χ2n) is 12.2. The van der Waals surface area contributed by atoms with Gasteiger partial charge in [-0.25, -0.2) is 9.59 Å². The van der Waals surface area contributed by atoms with Crippen LogP contribution in [0.3, 0.4) is 0 Å². The maximum absolute atomic E-state index is 12.3. The zero-order valence-corrected chi connectivity index (χ0v) is 23.4. The molecule has 0 heterocycles. The van der Waals surface area contributed by atoms with Crippen molar-refractivity contribution in [2.45, 2.75) is 154 Å². The van der Waals surface area contributed by atoms with Crippen molar-refractivity contribution in [2.75, 3.05) is 0 Å². The second-order valence-corrected chi connectivity index (χ2v) is 12.2. The van der Waals surface area contributed by atoms with Crippen LogP contribution in [0.25, 0.3) is 0 Å². The van der Waals surface area contributed by atoms with Gasteiger partial charge >= 0.3 is 11.9 Å². The number of carbonyl (C=O) groups excluding carboxylic acids is 2. The Morgan fingerprint density at radius 1 is 0.556 bits per heavy atom. The predicted molar refractivity (Wildman–Crippen MR) is 147 cm³/mol. The van der Waals surface area contributed by atoms with Crippen molar-refractivity contribution < 1.29 is 19.1 Å². The summed E-state index contributed by atoms with van der Waals surface area (Å²) in [7, 11) is 0. The number of hydrogen-bond donors (Lipinski definition) is 0. The van der Waals surface area contributed by atoms with Crippen LogP contribution in [0.1, 0.15) is 142 Å². The first-order valence-corrected chi connectivity index (χ1v) is 15.7. The highest BCUT2D eigenvalue weighted by Crippen LogP contribution is 2.41. The van der Waals surface area contributed by atoms with Gasteiger partial charge in [0.25, 0.3) is 0 Å². The molecule has 0 atom stereocenters. The zero-order valence-electron chi connectivity index (χ0n) is 23.4. The van der Waals surface area contributed by atoms with Gasteiger partial charge in [0.05, 0.1) is 0 Å². The van der Waals surface area contributed by atoms with E-state index < -0.39 is 11.9 Å². The Balaban J connectivity index is 1.26. The molecule has 0 bridgehead atoms. The van der Waals surface area contributed by atoms with Crippen LogP contribution in [-0.2, 0) is 19.1 Å². The van der Waals surface area contributed by atoms with Gasteiger partial charge in [0.2, 0.25) is 0 Å².